The number of hydrogen-bond donors (Lipinski definition) is 2. The minimum atomic E-state index is -0.436. The number of nitrogens with zero attached hydrogens (tertiary/aromatic N) is 4. The Morgan fingerprint density at radius 3 is 1.43 bits per heavy atom. The topological polar surface area (TPSA) is 76.8 Å². The molecular weight excluding hydrogens is 632 g/mol. The fourth-order valence-electron chi connectivity index (χ4n) is 4.50. The van der Waals surface area contributed by atoms with Crippen LogP contribution in [0.15, 0.2) is 125 Å². The predicted octanol–water partition coefficient (Wildman–Crippen LogP) is 6.01. The van der Waals surface area contributed by atoms with Gasteiger partial charge in [-0.25, -0.2) is 0 Å². The lowest BCUT2D eigenvalue weighted by atomic mass is 9.77. The molecule has 0 spiro atoms. The molecule has 0 saturated carbocycles. The molecular formula is C31H32Br2N6O. The van der Waals surface area contributed by atoms with Gasteiger partial charge in [-0.3, -0.25) is 19.5 Å². The molecule has 206 valence electrons. The van der Waals surface area contributed by atoms with Crippen LogP contribution in [0.3, 0.4) is 0 Å². The zero-order valence-corrected chi connectivity index (χ0v) is 25.4. The average Bonchev–Trinajstić information content (AvgIpc) is 3.60. The highest BCUT2D eigenvalue weighted by Gasteiger charge is 2.35. The first-order valence-corrected chi connectivity index (χ1v) is 14.6. The van der Waals surface area contributed by atoms with Gasteiger partial charge >= 0.3 is 0 Å². The summed E-state index contributed by atoms with van der Waals surface area (Å²) in [5.41, 5.74) is 3.21. The summed E-state index contributed by atoms with van der Waals surface area (Å²) in [5.74, 6) is -0.0128. The molecule has 2 heterocycles. The zero-order valence-electron chi connectivity index (χ0n) is 22.3. The first-order valence-electron chi connectivity index (χ1n) is 13.0. The van der Waals surface area contributed by atoms with Crippen LogP contribution in [-0.4, -0.2) is 38.6 Å². The normalized spacial score (nSPS) is 11.0. The molecule has 40 heavy (non-hydrogen) atoms. The van der Waals surface area contributed by atoms with Gasteiger partial charge in [-0.15, -0.1) is 0 Å². The third-order valence-electron chi connectivity index (χ3n) is 6.28. The summed E-state index contributed by atoms with van der Waals surface area (Å²) < 4.78 is 5.38. The minimum absolute atomic E-state index is 0.0128. The summed E-state index contributed by atoms with van der Waals surface area (Å²) in [5, 5.41) is 15.1. The van der Waals surface area contributed by atoms with E-state index in [1.165, 1.54) is 23.6 Å². The fourth-order valence-corrected chi connectivity index (χ4v) is 5.14. The van der Waals surface area contributed by atoms with Crippen LogP contribution in [0.2, 0.25) is 0 Å². The van der Waals surface area contributed by atoms with Crippen molar-refractivity contribution >= 4 is 37.8 Å². The Hall–Kier alpha value is -3.53. The van der Waals surface area contributed by atoms with Gasteiger partial charge in [-0.1, -0.05) is 91.0 Å². The minimum Gasteiger partial charge on any atom is -0.354 e. The molecule has 0 radical (unpaired) electrons. The molecule has 0 aliphatic heterocycles. The summed E-state index contributed by atoms with van der Waals surface area (Å²) in [6.07, 6.45) is 3.84. The molecule has 0 atom stereocenters. The first-order chi connectivity index (χ1) is 19.5. The summed E-state index contributed by atoms with van der Waals surface area (Å²) in [6, 6.07) is 35.7. The van der Waals surface area contributed by atoms with E-state index in [-0.39, 0.29) is 5.91 Å². The molecule has 7 nitrogen and oxygen atoms in total. The SMILES string of the molecule is Brc1ccn(CCNC(c2ccccc2)(c2ccccc2)c2ccccc2)n1.CC(=O)NCCn1ccc(Br)n1. The Morgan fingerprint density at radius 1 is 0.675 bits per heavy atom. The molecule has 3 aromatic carbocycles. The van der Waals surface area contributed by atoms with Gasteiger partial charge in [0.15, 0.2) is 0 Å². The molecule has 5 aromatic rings. The van der Waals surface area contributed by atoms with E-state index in [1.54, 1.807) is 4.68 Å². The maximum Gasteiger partial charge on any atom is 0.216 e. The van der Waals surface area contributed by atoms with Gasteiger partial charge in [0, 0.05) is 32.4 Å². The van der Waals surface area contributed by atoms with Crippen LogP contribution in [0.1, 0.15) is 23.6 Å². The number of carbonyl (C=O) groups is 1. The van der Waals surface area contributed by atoms with Gasteiger partial charge in [0.2, 0.25) is 5.91 Å². The molecule has 0 unspecified atom stereocenters. The van der Waals surface area contributed by atoms with Crippen LogP contribution in [0.5, 0.6) is 0 Å². The second-order valence-corrected chi connectivity index (χ2v) is 10.7. The van der Waals surface area contributed by atoms with Crippen molar-refractivity contribution in [2.75, 3.05) is 13.1 Å². The van der Waals surface area contributed by atoms with Crippen LogP contribution < -0.4 is 10.6 Å². The van der Waals surface area contributed by atoms with E-state index in [9.17, 15) is 4.79 Å². The molecule has 0 saturated heterocycles. The van der Waals surface area contributed by atoms with Gasteiger partial charge in [-0.05, 0) is 60.7 Å². The molecule has 2 aromatic heterocycles. The number of benzene rings is 3. The Labute approximate surface area is 251 Å². The van der Waals surface area contributed by atoms with Crippen LogP contribution >= 0.6 is 31.9 Å². The van der Waals surface area contributed by atoms with E-state index >= 15 is 0 Å². The van der Waals surface area contributed by atoms with Crippen molar-refractivity contribution < 1.29 is 4.79 Å². The van der Waals surface area contributed by atoms with Crippen molar-refractivity contribution in [3.8, 4) is 0 Å². The van der Waals surface area contributed by atoms with E-state index < -0.39 is 5.54 Å². The van der Waals surface area contributed by atoms with E-state index in [0.29, 0.717) is 13.1 Å². The third-order valence-corrected chi connectivity index (χ3v) is 7.13. The van der Waals surface area contributed by atoms with Crippen molar-refractivity contribution in [1.82, 2.24) is 30.2 Å². The standard InChI is InChI=1S/C24H22BrN3.C7H10BrN3O/c25-23-16-18-28(27-23)19-17-26-24(20-10-4-1-5-11-20,21-12-6-2-7-13-21)22-14-8-3-9-15-22;1-6(12)9-3-5-11-4-2-7(8)10-11/h1-16,18,26H,17,19H2;2,4H,3,5H2,1H3,(H,9,12). The van der Waals surface area contributed by atoms with Crippen molar-refractivity contribution in [3.63, 3.8) is 0 Å². The second kappa shape index (κ2) is 14.7. The number of nitrogens with one attached hydrogen (secondary N) is 2. The molecule has 0 aliphatic rings. The lowest BCUT2D eigenvalue weighted by Gasteiger charge is -2.37. The third kappa shape index (κ3) is 8.00. The number of rotatable bonds is 10. The summed E-state index contributed by atoms with van der Waals surface area (Å²) >= 11 is 6.66. The first kappa shape index (κ1) is 29.5. The summed E-state index contributed by atoms with van der Waals surface area (Å²) in [6.45, 7) is 4.36. The van der Waals surface area contributed by atoms with Gasteiger partial charge in [-0.2, -0.15) is 10.2 Å². The van der Waals surface area contributed by atoms with Gasteiger partial charge < -0.3 is 5.32 Å². The van der Waals surface area contributed by atoms with Crippen LogP contribution in [-0.2, 0) is 23.4 Å². The Bertz CT molecular complexity index is 1360. The Kier molecular flexibility index (Phi) is 10.9. The zero-order chi connectivity index (χ0) is 28.2. The van der Waals surface area contributed by atoms with Gasteiger partial charge in [0.25, 0.3) is 0 Å². The molecule has 2 N–H and O–H groups in total. The van der Waals surface area contributed by atoms with Crippen LogP contribution in [0.25, 0.3) is 0 Å². The molecule has 1 amide bonds. The number of carbonyl (C=O) groups excluding carboxylic acids is 1. The van der Waals surface area contributed by atoms with Crippen LogP contribution in [0, 0.1) is 0 Å². The number of amides is 1. The quantitative estimate of drug-likeness (QED) is 0.180. The number of hydrogen-bond acceptors (Lipinski definition) is 4. The van der Waals surface area contributed by atoms with Crippen molar-refractivity contribution in [3.05, 3.63) is 141 Å². The molecule has 9 heteroatoms. The fraction of sp³-hybridized carbons (Fsp3) is 0.194. The highest BCUT2D eigenvalue weighted by molar-refractivity contribution is 9.10. The number of halogens is 2. The van der Waals surface area contributed by atoms with Crippen molar-refractivity contribution in [1.29, 1.82) is 0 Å². The molecule has 5 rings (SSSR count). The lowest BCUT2D eigenvalue weighted by molar-refractivity contribution is -0.118. The predicted molar refractivity (Wildman–Crippen MR) is 166 cm³/mol. The average molecular weight is 664 g/mol. The van der Waals surface area contributed by atoms with Crippen molar-refractivity contribution in [2.24, 2.45) is 0 Å². The van der Waals surface area contributed by atoms with E-state index in [1.807, 2.05) is 29.2 Å². The summed E-state index contributed by atoms with van der Waals surface area (Å²) in [7, 11) is 0. The van der Waals surface area contributed by atoms with Crippen LogP contribution in [0.4, 0.5) is 0 Å². The van der Waals surface area contributed by atoms with E-state index in [0.717, 1.165) is 22.3 Å². The highest BCUT2D eigenvalue weighted by Crippen LogP contribution is 2.36. The lowest BCUT2D eigenvalue weighted by Crippen LogP contribution is -2.46. The maximum absolute atomic E-state index is 10.5. The second-order valence-electron chi connectivity index (χ2n) is 9.06. The highest BCUT2D eigenvalue weighted by atomic mass is 79.9. The molecule has 0 aliphatic carbocycles. The van der Waals surface area contributed by atoms with Gasteiger partial charge in [0.05, 0.1) is 18.6 Å². The van der Waals surface area contributed by atoms with Crippen molar-refractivity contribution in [2.45, 2.75) is 25.6 Å². The smallest absolute Gasteiger partial charge is 0.216 e. The monoisotopic (exact) mass is 662 g/mol. The molecule has 0 bridgehead atoms. The Balaban J connectivity index is 0.000000259. The largest absolute Gasteiger partial charge is 0.354 e. The Morgan fingerprint density at radius 2 is 1.07 bits per heavy atom. The van der Waals surface area contributed by atoms with E-state index in [4.69, 9.17) is 0 Å². The molecule has 0 fully saturated rings. The number of aromatic nitrogens is 4. The van der Waals surface area contributed by atoms with E-state index in [2.05, 4.69) is 144 Å². The summed E-state index contributed by atoms with van der Waals surface area (Å²) in [4.78, 5) is 10.5. The van der Waals surface area contributed by atoms with Gasteiger partial charge in [0.1, 0.15) is 9.21 Å². The maximum atomic E-state index is 10.5.